The molecule has 0 aliphatic heterocycles. The quantitative estimate of drug-likeness (QED) is 0.461. The zero-order valence-corrected chi connectivity index (χ0v) is 16.1. The summed E-state index contributed by atoms with van der Waals surface area (Å²) in [4.78, 5) is 16.7. The minimum atomic E-state index is -3.64. The molecule has 0 radical (unpaired) electrons. The van der Waals surface area contributed by atoms with Crippen molar-refractivity contribution in [1.82, 2.24) is 9.71 Å². The molecule has 0 aliphatic rings. The minimum absolute atomic E-state index is 0.0680. The highest BCUT2D eigenvalue weighted by Gasteiger charge is 2.15. The van der Waals surface area contributed by atoms with Gasteiger partial charge in [-0.2, -0.15) is 0 Å². The molecule has 0 bridgehead atoms. The van der Waals surface area contributed by atoms with E-state index in [1.807, 2.05) is 30.3 Å². The van der Waals surface area contributed by atoms with Gasteiger partial charge in [-0.15, -0.1) is 0 Å². The smallest absolute Gasteiger partial charge is 0.338 e. The first-order valence-electron chi connectivity index (χ1n) is 8.60. The van der Waals surface area contributed by atoms with Gasteiger partial charge in [0.25, 0.3) is 0 Å². The van der Waals surface area contributed by atoms with Gasteiger partial charge in [-0.05, 0) is 30.3 Å². The predicted octanol–water partition coefficient (Wildman–Crippen LogP) is 2.52. The van der Waals surface area contributed by atoms with Crippen LogP contribution in [0, 0.1) is 0 Å². The molecule has 0 fully saturated rings. The van der Waals surface area contributed by atoms with Crippen LogP contribution in [0.3, 0.4) is 0 Å². The normalized spacial score (nSPS) is 11.5. The number of carbonyl (C=O) groups excluding carboxylic acids is 1. The molecule has 8 heteroatoms. The van der Waals surface area contributed by atoms with Gasteiger partial charge in [0.2, 0.25) is 10.0 Å². The number of ether oxygens (including phenoxy) is 2. The highest BCUT2D eigenvalue weighted by molar-refractivity contribution is 7.89. The number of rotatable bonds is 8. The first-order valence-corrected chi connectivity index (χ1v) is 10.1. The van der Waals surface area contributed by atoms with Crippen LogP contribution in [0.1, 0.15) is 15.9 Å². The Labute approximate surface area is 163 Å². The monoisotopic (exact) mass is 400 g/mol. The molecule has 2 aromatic carbocycles. The van der Waals surface area contributed by atoms with Crippen molar-refractivity contribution in [1.29, 1.82) is 0 Å². The first kappa shape index (κ1) is 19.9. The number of fused-ring (bicyclic) bond motifs is 1. The van der Waals surface area contributed by atoms with Crippen LogP contribution in [-0.2, 0) is 26.1 Å². The van der Waals surface area contributed by atoms with E-state index in [0.29, 0.717) is 0 Å². The lowest BCUT2D eigenvalue weighted by Crippen LogP contribution is -2.27. The lowest BCUT2D eigenvalue weighted by molar-refractivity contribution is 0.0474. The SMILES string of the molecule is COCCNS(=O)(=O)c1ccc(C(=O)OCc2cccc3cccnc23)cc1. The second-order valence-corrected chi connectivity index (χ2v) is 7.75. The Hall–Kier alpha value is -2.81. The molecule has 1 N–H and O–H groups in total. The summed E-state index contributed by atoms with van der Waals surface area (Å²) in [7, 11) is -2.16. The summed E-state index contributed by atoms with van der Waals surface area (Å²) < 4.78 is 36.9. The van der Waals surface area contributed by atoms with E-state index in [1.54, 1.807) is 6.20 Å². The van der Waals surface area contributed by atoms with Gasteiger partial charge < -0.3 is 9.47 Å². The standard InChI is InChI=1S/C20H20N2O5S/c1-26-13-12-22-28(24,25)18-9-7-16(8-10-18)20(23)27-14-17-5-2-4-15-6-3-11-21-19(15)17/h2-11,22H,12-14H2,1H3. The molecule has 146 valence electrons. The Morgan fingerprint density at radius 1 is 1.07 bits per heavy atom. The Bertz CT molecular complexity index is 1060. The van der Waals surface area contributed by atoms with Gasteiger partial charge >= 0.3 is 5.97 Å². The Morgan fingerprint density at radius 2 is 1.82 bits per heavy atom. The molecule has 3 aromatic rings. The number of hydrogen-bond donors (Lipinski definition) is 1. The molecule has 0 atom stereocenters. The third kappa shape index (κ3) is 4.72. The van der Waals surface area contributed by atoms with E-state index in [2.05, 4.69) is 9.71 Å². The van der Waals surface area contributed by atoms with E-state index >= 15 is 0 Å². The van der Waals surface area contributed by atoms with Gasteiger partial charge in [-0.1, -0.05) is 24.3 Å². The number of nitrogens with one attached hydrogen (secondary N) is 1. The maximum absolute atomic E-state index is 12.3. The molecule has 0 amide bonds. The third-order valence-electron chi connectivity index (χ3n) is 4.07. The number of methoxy groups -OCH3 is 1. The lowest BCUT2D eigenvalue weighted by atomic mass is 10.1. The van der Waals surface area contributed by atoms with Crippen LogP contribution in [0.2, 0.25) is 0 Å². The van der Waals surface area contributed by atoms with Gasteiger partial charge in [0.1, 0.15) is 6.61 Å². The first-order chi connectivity index (χ1) is 13.5. The number of benzene rings is 2. The van der Waals surface area contributed by atoms with Crippen LogP contribution in [-0.4, -0.2) is 39.6 Å². The van der Waals surface area contributed by atoms with Gasteiger partial charge in [0.05, 0.1) is 22.6 Å². The maximum Gasteiger partial charge on any atom is 0.338 e. The van der Waals surface area contributed by atoms with Gasteiger partial charge in [0, 0.05) is 30.8 Å². The van der Waals surface area contributed by atoms with Crippen molar-refractivity contribution in [2.75, 3.05) is 20.3 Å². The molecular weight excluding hydrogens is 380 g/mol. The molecular formula is C20H20N2O5S. The van der Waals surface area contributed by atoms with Crippen molar-refractivity contribution in [2.45, 2.75) is 11.5 Å². The summed E-state index contributed by atoms with van der Waals surface area (Å²) in [6.45, 7) is 0.514. The van der Waals surface area contributed by atoms with Crippen LogP contribution in [0.4, 0.5) is 0 Å². The number of hydrogen-bond acceptors (Lipinski definition) is 6. The Kier molecular flexibility index (Phi) is 6.35. The van der Waals surface area contributed by atoms with E-state index in [0.717, 1.165) is 16.5 Å². The zero-order chi connectivity index (χ0) is 20.0. The summed E-state index contributed by atoms with van der Waals surface area (Å²) in [6, 6.07) is 15.0. The van der Waals surface area contributed by atoms with E-state index in [-0.39, 0.29) is 30.2 Å². The van der Waals surface area contributed by atoms with E-state index in [4.69, 9.17) is 9.47 Å². The number of pyridine rings is 1. The second-order valence-electron chi connectivity index (χ2n) is 5.98. The van der Waals surface area contributed by atoms with Crippen molar-refractivity contribution in [3.8, 4) is 0 Å². The number of para-hydroxylation sites is 1. The van der Waals surface area contributed by atoms with Crippen molar-refractivity contribution in [3.05, 3.63) is 71.9 Å². The van der Waals surface area contributed by atoms with Gasteiger partial charge in [-0.3, -0.25) is 4.98 Å². The largest absolute Gasteiger partial charge is 0.457 e. The van der Waals surface area contributed by atoms with Crippen LogP contribution >= 0.6 is 0 Å². The van der Waals surface area contributed by atoms with Gasteiger partial charge in [0.15, 0.2) is 0 Å². The van der Waals surface area contributed by atoms with E-state index in [9.17, 15) is 13.2 Å². The predicted molar refractivity (Wildman–Crippen MR) is 104 cm³/mol. The molecule has 1 aromatic heterocycles. The highest BCUT2D eigenvalue weighted by Crippen LogP contribution is 2.18. The average Bonchev–Trinajstić information content (AvgIpc) is 2.72. The molecule has 0 saturated carbocycles. The van der Waals surface area contributed by atoms with Crippen molar-refractivity contribution >= 4 is 26.9 Å². The summed E-state index contributed by atoms with van der Waals surface area (Å²) in [6.07, 6.45) is 1.69. The van der Waals surface area contributed by atoms with Crippen molar-refractivity contribution in [3.63, 3.8) is 0 Å². The summed E-state index contributed by atoms with van der Waals surface area (Å²) in [5.74, 6) is -0.538. The maximum atomic E-state index is 12.3. The van der Waals surface area contributed by atoms with Crippen LogP contribution < -0.4 is 4.72 Å². The number of aromatic nitrogens is 1. The number of esters is 1. The number of nitrogens with zero attached hydrogens (tertiary/aromatic N) is 1. The van der Waals surface area contributed by atoms with E-state index < -0.39 is 16.0 Å². The Balaban J connectivity index is 1.66. The molecule has 1 heterocycles. The number of carbonyl (C=O) groups is 1. The molecule has 28 heavy (non-hydrogen) atoms. The van der Waals surface area contributed by atoms with Crippen molar-refractivity contribution in [2.24, 2.45) is 0 Å². The topological polar surface area (TPSA) is 94.6 Å². The summed E-state index contributed by atoms with van der Waals surface area (Å²) in [5, 5.41) is 0.964. The van der Waals surface area contributed by atoms with Crippen molar-refractivity contribution < 1.29 is 22.7 Å². The van der Waals surface area contributed by atoms with Crippen LogP contribution in [0.15, 0.2) is 65.7 Å². The molecule has 7 nitrogen and oxygen atoms in total. The lowest BCUT2D eigenvalue weighted by Gasteiger charge is -2.09. The van der Waals surface area contributed by atoms with E-state index in [1.165, 1.54) is 31.4 Å². The molecule has 0 aliphatic carbocycles. The van der Waals surface area contributed by atoms with Crippen LogP contribution in [0.25, 0.3) is 10.9 Å². The Morgan fingerprint density at radius 3 is 2.57 bits per heavy atom. The zero-order valence-electron chi connectivity index (χ0n) is 15.3. The fourth-order valence-electron chi connectivity index (χ4n) is 2.64. The summed E-state index contributed by atoms with van der Waals surface area (Å²) >= 11 is 0. The molecule has 0 spiro atoms. The fraction of sp³-hybridized carbons (Fsp3) is 0.200. The number of sulfonamides is 1. The van der Waals surface area contributed by atoms with Gasteiger partial charge in [-0.25, -0.2) is 17.9 Å². The minimum Gasteiger partial charge on any atom is -0.457 e. The second kappa shape index (κ2) is 8.92. The van der Waals surface area contributed by atoms with Crippen LogP contribution in [0.5, 0.6) is 0 Å². The average molecular weight is 400 g/mol. The fourth-order valence-corrected chi connectivity index (χ4v) is 3.66. The molecule has 0 saturated heterocycles. The highest BCUT2D eigenvalue weighted by atomic mass is 32.2. The third-order valence-corrected chi connectivity index (χ3v) is 5.55. The molecule has 3 rings (SSSR count). The summed E-state index contributed by atoms with van der Waals surface area (Å²) in [5.41, 5.74) is 1.85. The molecule has 0 unspecified atom stereocenters.